The van der Waals surface area contributed by atoms with E-state index in [4.69, 9.17) is 9.47 Å². The van der Waals surface area contributed by atoms with Gasteiger partial charge < -0.3 is 14.4 Å². The lowest BCUT2D eigenvalue weighted by atomic mass is 9.76. The van der Waals surface area contributed by atoms with Gasteiger partial charge in [0.2, 0.25) is 0 Å². The second kappa shape index (κ2) is 9.38. The number of hydrogen-bond acceptors (Lipinski definition) is 6. The highest BCUT2D eigenvalue weighted by Crippen LogP contribution is 2.49. The van der Waals surface area contributed by atoms with Crippen LogP contribution in [0.5, 0.6) is 0 Å². The predicted molar refractivity (Wildman–Crippen MR) is 145 cm³/mol. The van der Waals surface area contributed by atoms with Gasteiger partial charge in [-0.2, -0.15) is 0 Å². The normalized spacial score (nSPS) is 20.7. The number of benzene rings is 2. The number of hydrogen-bond donors (Lipinski definition) is 0. The molecule has 0 bridgehead atoms. The zero-order valence-corrected chi connectivity index (χ0v) is 22.4. The summed E-state index contributed by atoms with van der Waals surface area (Å²) in [7, 11) is 1.25. The molecule has 2 aliphatic rings. The molecule has 1 aliphatic heterocycles. The minimum absolute atomic E-state index is 0.0465. The fourth-order valence-corrected chi connectivity index (χ4v) is 5.73. The minimum atomic E-state index is -1.66. The highest BCUT2D eigenvalue weighted by atomic mass is 16.6. The van der Waals surface area contributed by atoms with E-state index in [9.17, 15) is 19.2 Å². The molecule has 2 aromatic carbocycles. The number of para-hydroxylation sites is 1. The van der Waals surface area contributed by atoms with Crippen LogP contribution in [0, 0.1) is 5.92 Å². The van der Waals surface area contributed by atoms with Gasteiger partial charge in [0.1, 0.15) is 5.60 Å². The van der Waals surface area contributed by atoms with Crippen molar-refractivity contribution >= 4 is 34.7 Å². The summed E-state index contributed by atoms with van der Waals surface area (Å²) in [6.45, 7) is 9.36. The molecule has 1 amide bonds. The van der Waals surface area contributed by atoms with Crippen LogP contribution >= 0.6 is 0 Å². The van der Waals surface area contributed by atoms with Gasteiger partial charge in [-0.15, -0.1) is 0 Å². The molecule has 3 aromatic rings. The summed E-state index contributed by atoms with van der Waals surface area (Å²) in [5, 5.41) is 0.759. The van der Waals surface area contributed by atoms with E-state index in [0.717, 1.165) is 5.39 Å². The molecule has 0 spiro atoms. The highest BCUT2D eigenvalue weighted by Gasteiger charge is 2.62. The second-order valence-electron chi connectivity index (χ2n) is 10.9. The topological polar surface area (TPSA) is 94.9 Å². The minimum Gasteiger partial charge on any atom is -0.467 e. The van der Waals surface area contributed by atoms with Crippen molar-refractivity contribution in [3.63, 3.8) is 0 Å². The molecule has 2 atom stereocenters. The lowest BCUT2D eigenvalue weighted by Crippen LogP contribution is -2.59. The molecule has 2 heterocycles. The number of likely N-dealkylation sites (tertiary alicyclic amines) is 1. The highest BCUT2D eigenvalue weighted by molar-refractivity contribution is 6.11. The number of fused-ring (bicyclic) bond motifs is 2. The fourth-order valence-electron chi connectivity index (χ4n) is 5.73. The van der Waals surface area contributed by atoms with Crippen LogP contribution in [0.2, 0.25) is 0 Å². The molecule has 39 heavy (non-hydrogen) atoms. The number of aromatic nitrogens is 1. The van der Waals surface area contributed by atoms with Gasteiger partial charge in [-0.25, -0.2) is 14.2 Å². The lowest BCUT2D eigenvalue weighted by Gasteiger charge is -2.39. The number of allylic oxidation sites excluding steroid dienone is 1. The van der Waals surface area contributed by atoms with Gasteiger partial charge in [-0.05, 0) is 56.7 Å². The van der Waals surface area contributed by atoms with Crippen molar-refractivity contribution in [1.82, 2.24) is 9.47 Å². The van der Waals surface area contributed by atoms with Gasteiger partial charge in [-0.1, -0.05) is 43.0 Å². The van der Waals surface area contributed by atoms with Crippen LogP contribution < -0.4 is 0 Å². The maximum absolute atomic E-state index is 13.9. The van der Waals surface area contributed by atoms with E-state index in [1.807, 2.05) is 18.2 Å². The van der Waals surface area contributed by atoms with E-state index in [1.165, 1.54) is 22.7 Å². The van der Waals surface area contributed by atoms with Crippen LogP contribution in [-0.4, -0.2) is 58.0 Å². The van der Waals surface area contributed by atoms with E-state index in [1.54, 1.807) is 63.2 Å². The van der Waals surface area contributed by atoms with E-state index in [2.05, 4.69) is 6.58 Å². The molecule has 0 radical (unpaired) electrons. The Labute approximate surface area is 226 Å². The van der Waals surface area contributed by atoms with Crippen molar-refractivity contribution in [1.29, 1.82) is 0 Å². The number of carbonyl (C=O) groups excluding carboxylic acids is 4. The first-order chi connectivity index (χ1) is 18.5. The maximum Gasteiger partial charge on any atom is 0.419 e. The average molecular weight is 527 g/mol. The summed E-state index contributed by atoms with van der Waals surface area (Å²) < 4.78 is 12.5. The molecule has 0 saturated carbocycles. The first-order valence-corrected chi connectivity index (χ1v) is 12.7. The van der Waals surface area contributed by atoms with Crippen LogP contribution in [0.25, 0.3) is 10.9 Å². The van der Waals surface area contributed by atoms with Crippen molar-refractivity contribution in [2.24, 2.45) is 5.92 Å². The van der Waals surface area contributed by atoms with Gasteiger partial charge >= 0.3 is 12.1 Å². The van der Waals surface area contributed by atoms with Gasteiger partial charge in [0, 0.05) is 41.1 Å². The second-order valence-corrected chi connectivity index (χ2v) is 10.9. The van der Waals surface area contributed by atoms with Crippen molar-refractivity contribution in [2.75, 3.05) is 13.7 Å². The number of ether oxygens (including phenoxy) is 2. The summed E-state index contributed by atoms with van der Waals surface area (Å²) in [6, 6.07) is 17.7. The fraction of sp³-hybridized carbons (Fsp3) is 0.290. The standard InChI is InChI=1S/C31H30N2O6/c1-19-25(34)16-22-18-32(27(35)20-11-7-6-8-12-20)31(26(19)22,28(36)38-5)17-23-15-21-13-9-10-14-24(21)33(23)29(37)39-30(2,3)4/h6-16,26H,1,17-18H2,2-5H3/t26-,31+/m0/s1. The Bertz CT molecular complexity index is 1560. The smallest absolute Gasteiger partial charge is 0.419 e. The Morgan fingerprint density at radius 2 is 1.72 bits per heavy atom. The van der Waals surface area contributed by atoms with Gasteiger partial charge in [0.25, 0.3) is 5.91 Å². The average Bonchev–Trinajstić information content (AvgIpc) is 3.51. The van der Waals surface area contributed by atoms with Crippen molar-refractivity contribution in [2.45, 2.75) is 38.3 Å². The Balaban J connectivity index is 1.73. The van der Waals surface area contributed by atoms with Crippen molar-refractivity contribution < 1.29 is 28.7 Å². The van der Waals surface area contributed by atoms with E-state index in [-0.39, 0.29) is 24.3 Å². The summed E-state index contributed by atoms with van der Waals surface area (Å²) >= 11 is 0. The maximum atomic E-state index is 13.9. The first-order valence-electron chi connectivity index (χ1n) is 12.7. The number of ketones is 1. The molecule has 1 saturated heterocycles. The SMILES string of the molecule is C=C1C(=O)C=C2CN(C(=O)c3ccccc3)[C@@](Cc3cc4ccccc4n3C(=O)OC(C)(C)C)(C(=O)OC)[C@@H]12. The first kappa shape index (κ1) is 26.2. The third kappa shape index (κ3) is 4.26. The summed E-state index contributed by atoms with van der Waals surface area (Å²) in [5.41, 5.74) is -0.197. The molecule has 1 aliphatic carbocycles. The quantitative estimate of drug-likeness (QED) is 0.361. The number of esters is 1. The van der Waals surface area contributed by atoms with Crippen LogP contribution in [0.1, 0.15) is 36.8 Å². The van der Waals surface area contributed by atoms with Gasteiger partial charge in [0.05, 0.1) is 12.6 Å². The predicted octanol–water partition coefficient (Wildman–Crippen LogP) is 4.72. The van der Waals surface area contributed by atoms with E-state index < -0.39 is 35.0 Å². The van der Waals surface area contributed by atoms with Crippen LogP contribution in [0.15, 0.2) is 84.5 Å². The molecule has 0 unspecified atom stereocenters. The molecule has 5 rings (SSSR count). The van der Waals surface area contributed by atoms with Gasteiger partial charge in [-0.3, -0.25) is 9.59 Å². The number of nitrogens with zero attached hydrogens (tertiary/aromatic N) is 2. The van der Waals surface area contributed by atoms with E-state index in [0.29, 0.717) is 22.3 Å². The Kier molecular flexibility index (Phi) is 6.29. The monoisotopic (exact) mass is 526 g/mol. The Hall–Kier alpha value is -4.46. The van der Waals surface area contributed by atoms with Crippen molar-refractivity contribution in [3.8, 4) is 0 Å². The van der Waals surface area contributed by atoms with E-state index >= 15 is 0 Å². The molecule has 8 nitrogen and oxygen atoms in total. The molecule has 0 N–H and O–H groups in total. The lowest BCUT2D eigenvalue weighted by molar-refractivity contribution is -0.153. The molecular formula is C31H30N2O6. The summed E-state index contributed by atoms with van der Waals surface area (Å²) in [4.78, 5) is 55.6. The zero-order valence-electron chi connectivity index (χ0n) is 22.4. The molecular weight excluding hydrogens is 496 g/mol. The largest absolute Gasteiger partial charge is 0.467 e. The Morgan fingerprint density at radius 1 is 1.05 bits per heavy atom. The number of rotatable bonds is 4. The zero-order chi connectivity index (χ0) is 28.1. The number of methoxy groups -OCH3 is 1. The third-order valence-corrected chi connectivity index (χ3v) is 7.27. The van der Waals surface area contributed by atoms with Gasteiger partial charge in [0.15, 0.2) is 11.3 Å². The summed E-state index contributed by atoms with van der Waals surface area (Å²) in [6.07, 6.45) is 0.724. The third-order valence-electron chi connectivity index (χ3n) is 7.27. The van der Waals surface area contributed by atoms with Crippen LogP contribution in [0.4, 0.5) is 4.79 Å². The van der Waals surface area contributed by atoms with Crippen LogP contribution in [-0.2, 0) is 25.5 Å². The molecule has 1 aromatic heterocycles. The number of carbonyl (C=O) groups is 4. The molecule has 1 fully saturated rings. The number of amides is 1. The Morgan fingerprint density at radius 3 is 2.38 bits per heavy atom. The van der Waals surface area contributed by atoms with Crippen molar-refractivity contribution in [3.05, 3.63) is 95.7 Å². The molecule has 8 heteroatoms. The summed E-state index contributed by atoms with van der Waals surface area (Å²) in [5.74, 6) is -2.17. The molecule has 200 valence electrons. The van der Waals surface area contributed by atoms with Crippen LogP contribution in [0.3, 0.4) is 0 Å².